The molecule has 2 aliphatic rings. The van der Waals surface area contributed by atoms with Crippen LogP contribution < -0.4 is 0 Å². The van der Waals surface area contributed by atoms with E-state index in [1.807, 2.05) is 29.2 Å². The van der Waals surface area contributed by atoms with Crippen LogP contribution >= 0.6 is 0 Å². The molecule has 1 fully saturated rings. The van der Waals surface area contributed by atoms with Crippen LogP contribution in [0.5, 0.6) is 0 Å². The first kappa shape index (κ1) is 20.9. The smallest absolute Gasteiger partial charge is 0.255 e. The zero-order chi connectivity index (χ0) is 23.6. The fourth-order valence-corrected chi connectivity index (χ4v) is 5.62. The number of benzene rings is 2. The summed E-state index contributed by atoms with van der Waals surface area (Å²) >= 11 is 0. The maximum Gasteiger partial charge on any atom is 0.255 e. The summed E-state index contributed by atoms with van der Waals surface area (Å²) in [5, 5.41) is 5.49. The van der Waals surface area contributed by atoms with E-state index >= 15 is 0 Å². The molecule has 1 amide bonds. The van der Waals surface area contributed by atoms with Gasteiger partial charge in [0.15, 0.2) is 17.5 Å². The molecule has 0 saturated carbocycles. The van der Waals surface area contributed by atoms with Gasteiger partial charge >= 0.3 is 0 Å². The lowest BCUT2D eigenvalue weighted by Crippen LogP contribution is -2.49. The van der Waals surface area contributed by atoms with Crippen molar-refractivity contribution in [2.45, 2.75) is 37.8 Å². The number of rotatable bonds is 2. The van der Waals surface area contributed by atoms with Crippen LogP contribution in [0.3, 0.4) is 0 Å². The second kappa shape index (κ2) is 7.68. The molecule has 0 radical (unpaired) electrons. The number of fused-ring (bicyclic) bond motifs is 5. The van der Waals surface area contributed by atoms with Crippen molar-refractivity contribution in [3.63, 3.8) is 0 Å². The Hall–Kier alpha value is -3.68. The molecule has 8 heteroatoms. The summed E-state index contributed by atoms with van der Waals surface area (Å²) in [6, 6.07) is 11.0. The highest BCUT2D eigenvalue weighted by atomic mass is 19.2. The fourth-order valence-electron chi connectivity index (χ4n) is 5.62. The Morgan fingerprint density at radius 2 is 1.82 bits per heavy atom. The van der Waals surface area contributed by atoms with Crippen molar-refractivity contribution >= 4 is 16.8 Å². The van der Waals surface area contributed by atoms with Crippen molar-refractivity contribution in [2.24, 2.45) is 7.05 Å². The number of hydrogen-bond acceptors (Lipinski definition) is 3. The Kier molecular flexibility index (Phi) is 4.72. The van der Waals surface area contributed by atoms with E-state index in [1.165, 1.54) is 0 Å². The maximum atomic E-state index is 14.0. The third-order valence-corrected chi connectivity index (χ3v) is 7.05. The van der Waals surface area contributed by atoms with Gasteiger partial charge in [-0.25, -0.2) is 13.2 Å². The van der Waals surface area contributed by atoms with Crippen molar-refractivity contribution in [2.75, 3.05) is 0 Å². The van der Waals surface area contributed by atoms with Crippen molar-refractivity contribution in [1.29, 1.82) is 0 Å². The van der Waals surface area contributed by atoms with Crippen LogP contribution in [0.15, 0.2) is 48.7 Å². The number of carbonyl (C=O) groups excluding carboxylic acids is 1. The molecule has 2 bridgehead atoms. The van der Waals surface area contributed by atoms with Gasteiger partial charge in [0.05, 0.1) is 28.5 Å². The Bertz CT molecular complexity index is 1440. The first-order chi connectivity index (χ1) is 16.4. The van der Waals surface area contributed by atoms with Crippen LogP contribution in [0.1, 0.15) is 46.9 Å². The van der Waals surface area contributed by atoms with Crippen molar-refractivity contribution in [1.82, 2.24) is 19.7 Å². The molecule has 0 spiro atoms. The Labute approximate surface area is 193 Å². The van der Waals surface area contributed by atoms with Crippen LogP contribution in [0.2, 0.25) is 0 Å². The third-order valence-electron chi connectivity index (χ3n) is 7.05. The largest absolute Gasteiger partial charge is 0.327 e. The molecule has 4 aromatic rings. The van der Waals surface area contributed by atoms with Gasteiger partial charge in [0.25, 0.3) is 5.91 Å². The van der Waals surface area contributed by atoms with Crippen LogP contribution in [0.4, 0.5) is 13.2 Å². The number of amides is 1. The SMILES string of the molecule is Cn1nc2c(c1-c1cc(F)c(F)c(F)c1)C[C@H]1CCC[C@@H]2N1C(=O)c1ccnc2ccccc12. The van der Waals surface area contributed by atoms with E-state index in [0.29, 0.717) is 17.7 Å². The van der Waals surface area contributed by atoms with E-state index in [0.717, 1.165) is 53.6 Å². The van der Waals surface area contributed by atoms with Gasteiger partial charge in [-0.15, -0.1) is 0 Å². The Morgan fingerprint density at radius 3 is 2.62 bits per heavy atom. The Morgan fingerprint density at radius 1 is 1.06 bits per heavy atom. The van der Waals surface area contributed by atoms with Crippen LogP contribution in [-0.4, -0.2) is 31.6 Å². The molecule has 0 N–H and O–H groups in total. The summed E-state index contributed by atoms with van der Waals surface area (Å²) in [5.41, 5.74) is 3.77. The number of nitrogens with zero attached hydrogens (tertiary/aromatic N) is 4. The topological polar surface area (TPSA) is 51.0 Å². The highest BCUT2D eigenvalue weighted by Crippen LogP contribution is 2.45. The molecule has 34 heavy (non-hydrogen) atoms. The Balaban J connectivity index is 1.46. The molecule has 5 nitrogen and oxygen atoms in total. The molecule has 2 aromatic carbocycles. The zero-order valence-electron chi connectivity index (χ0n) is 18.4. The first-order valence-electron chi connectivity index (χ1n) is 11.3. The number of pyridine rings is 1. The summed E-state index contributed by atoms with van der Waals surface area (Å²) in [6.45, 7) is 0. The lowest BCUT2D eigenvalue weighted by molar-refractivity contribution is 0.0394. The second-order valence-electron chi connectivity index (χ2n) is 8.98. The predicted molar refractivity (Wildman–Crippen MR) is 121 cm³/mol. The van der Waals surface area contributed by atoms with Gasteiger partial charge in [0, 0.05) is 35.8 Å². The molecule has 1 saturated heterocycles. The summed E-state index contributed by atoms with van der Waals surface area (Å²) in [7, 11) is 1.71. The van der Waals surface area contributed by atoms with Gasteiger partial charge in [-0.3, -0.25) is 14.5 Å². The van der Waals surface area contributed by atoms with Crippen LogP contribution in [0, 0.1) is 17.5 Å². The highest BCUT2D eigenvalue weighted by molar-refractivity contribution is 6.06. The lowest BCUT2D eigenvalue weighted by atomic mass is 9.81. The number of aromatic nitrogens is 3. The zero-order valence-corrected chi connectivity index (χ0v) is 18.4. The van der Waals surface area contributed by atoms with Crippen molar-refractivity contribution < 1.29 is 18.0 Å². The minimum absolute atomic E-state index is 0.0648. The molecule has 6 rings (SSSR count). The first-order valence-corrected chi connectivity index (χ1v) is 11.3. The minimum atomic E-state index is -1.49. The fraction of sp³-hybridized carbons (Fsp3) is 0.269. The number of piperidine rings is 1. The van der Waals surface area contributed by atoms with Crippen LogP contribution in [0.25, 0.3) is 22.2 Å². The third kappa shape index (κ3) is 3.04. The highest BCUT2D eigenvalue weighted by Gasteiger charge is 2.43. The van der Waals surface area contributed by atoms with Crippen LogP contribution in [-0.2, 0) is 13.5 Å². The van der Waals surface area contributed by atoms with E-state index in [1.54, 1.807) is 24.0 Å². The second-order valence-corrected chi connectivity index (χ2v) is 8.98. The number of para-hydroxylation sites is 1. The monoisotopic (exact) mass is 462 g/mol. The van der Waals surface area contributed by atoms with Crippen molar-refractivity contribution in [3.8, 4) is 11.3 Å². The summed E-state index contributed by atoms with van der Waals surface area (Å²) in [5.74, 6) is -4.02. The number of hydrogen-bond donors (Lipinski definition) is 0. The average Bonchev–Trinajstić information content (AvgIpc) is 3.16. The quantitative estimate of drug-likeness (QED) is 0.378. The van der Waals surface area contributed by atoms with Gasteiger partial charge in [-0.2, -0.15) is 5.10 Å². The molecule has 2 aromatic heterocycles. The standard InChI is InChI=1S/C26H21F3N4O/c1-32-25(14-11-19(27)23(29)20(28)12-14)18-13-15-5-4-8-22(24(18)31-32)33(15)26(34)17-9-10-30-21-7-3-2-6-16(17)21/h2-3,6-7,9-12,15,22H,4-5,8,13H2,1H3/t15-,22+/m1/s1. The number of aryl methyl sites for hydroxylation is 1. The molecule has 0 aliphatic carbocycles. The van der Waals surface area contributed by atoms with E-state index in [9.17, 15) is 18.0 Å². The van der Waals surface area contributed by atoms with Gasteiger partial charge in [0.1, 0.15) is 0 Å². The number of halogens is 3. The maximum absolute atomic E-state index is 14.0. The molecule has 0 unspecified atom stereocenters. The normalized spacial score (nSPS) is 19.4. The van der Waals surface area contributed by atoms with Gasteiger partial charge < -0.3 is 4.90 Å². The lowest BCUT2D eigenvalue weighted by Gasteiger charge is -2.45. The molecule has 4 heterocycles. The molecule has 2 atom stereocenters. The summed E-state index contributed by atoms with van der Waals surface area (Å²) in [6.07, 6.45) is 4.70. The van der Waals surface area contributed by atoms with E-state index in [2.05, 4.69) is 4.98 Å². The van der Waals surface area contributed by atoms with Gasteiger partial charge in [0.2, 0.25) is 0 Å². The predicted octanol–water partition coefficient (Wildman–Crippen LogP) is 5.34. The summed E-state index contributed by atoms with van der Waals surface area (Å²) < 4.78 is 43.2. The summed E-state index contributed by atoms with van der Waals surface area (Å²) in [4.78, 5) is 20.1. The van der Waals surface area contributed by atoms with Crippen molar-refractivity contribution in [3.05, 3.63) is 82.9 Å². The van der Waals surface area contributed by atoms with E-state index in [-0.39, 0.29) is 23.6 Å². The minimum Gasteiger partial charge on any atom is -0.327 e. The molecule has 2 aliphatic heterocycles. The van der Waals surface area contributed by atoms with Gasteiger partial charge in [-0.05, 0) is 49.9 Å². The molecule has 172 valence electrons. The number of carbonyl (C=O) groups is 1. The average molecular weight is 462 g/mol. The molecular formula is C26H21F3N4O. The molecular weight excluding hydrogens is 441 g/mol. The van der Waals surface area contributed by atoms with E-state index in [4.69, 9.17) is 5.10 Å². The van der Waals surface area contributed by atoms with Gasteiger partial charge in [-0.1, -0.05) is 18.2 Å². The van der Waals surface area contributed by atoms with E-state index < -0.39 is 17.5 Å².